The third kappa shape index (κ3) is 11.8. The Morgan fingerprint density at radius 2 is 1.02 bits per heavy atom. The number of hydrogen-bond acceptors (Lipinski definition) is 10. The van der Waals surface area contributed by atoms with E-state index in [2.05, 4.69) is 0 Å². The van der Waals surface area contributed by atoms with Crippen LogP contribution >= 0.6 is 0 Å². The summed E-state index contributed by atoms with van der Waals surface area (Å²) >= 11 is 0. The van der Waals surface area contributed by atoms with Crippen LogP contribution in [0.1, 0.15) is 5.56 Å². The Morgan fingerprint density at radius 3 is 1.52 bits per heavy atom. The van der Waals surface area contributed by atoms with Crippen LogP contribution in [0.15, 0.2) is 65.6 Å². The summed E-state index contributed by atoms with van der Waals surface area (Å²) in [5, 5.41) is 10.7. The van der Waals surface area contributed by atoms with E-state index in [1.165, 1.54) is 12.1 Å². The van der Waals surface area contributed by atoms with Crippen molar-refractivity contribution in [3.63, 3.8) is 0 Å². The molecular weight excluding hydrogens is 540 g/mol. The van der Waals surface area contributed by atoms with Crippen LogP contribution in [0.2, 0.25) is 0 Å². The zero-order valence-electron chi connectivity index (χ0n) is 22.8. The first-order chi connectivity index (χ1) is 19.5. The van der Waals surface area contributed by atoms with Gasteiger partial charge < -0.3 is 33.5 Å². The summed E-state index contributed by atoms with van der Waals surface area (Å²) in [6.45, 7) is 5.54. The van der Waals surface area contributed by atoms with E-state index in [9.17, 15) is 8.42 Å². The number of aliphatic hydroxyl groups is 1. The van der Waals surface area contributed by atoms with Crippen molar-refractivity contribution < 1.29 is 46.1 Å². The first kappa shape index (κ1) is 31.8. The van der Waals surface area contributed by atoms with Crippen LogP contribution in [0.5, 0.6) is 11.5 Å². The second-order valence-electron chi connectivity index (χ2n) is 8.63. The molecule has 40 heavy (non-hydrogen) atoms. The molecule has 0 saturated carbocycles. The van der Waals surface area contributed by atoms with Gasteiger partial charge in [0.1, 0.15) is 24.7 Å². The number of hydrogen-bond donors (Lipinski definition) is 1. The van der Waals surface area contributed by atoms with Crippen molar-refractivity contribution in [1.82, 2.24) is 0 Å². The zero-order valence-corrected chi connectivity index (χ0v) is 23.6. The van der Waals surface area contributed by atoms with Crippen molar-refractivity contribution in [1.29, 1.82) is 0 Å². The molecule has 0 unspecified atom stereocenters. The second-order valence-corrected chi connectivity index (χ2v) is 10.2. The number of fused-ring (bicyclic) bond motifs is 1. The van der Waals surface area contributed by atoms with E-state index in [1.54, 1.807) is 12.1 Å². The van der Waals surface area contributed by atoms with Crippen LogP contribution in [0.25, 0.3) is 10.8 Å². The Kier molecular flexibility index (Phi) is 14.1. The SMILES string of the molecule is Cc1ccc(S(=O)(=O)OCCOCCOCCOc2ccc3cc(OCCOCCOCCO)ccc3c2)cc1. The predicted molar refractivity (Wildman–Crippen MR) is 150 cm³/mol. The van der Waals surface area contributed by atoms with Gasteiger partial charge in [0.25, 0.3) is 10.1 Å². The second kappa shape index (κ2) is 17.8. The molecule has 3 aromatic carbocycles. The molecule has 0 spiro atoms. The smallest absolute Gasteiger partial charge is 0.297 e. The average molecular weight is 579 g/mol. The van der Waals surface area contributed by atoms with E-state index in [0.29, 0.717) is 59.5 Å². The van der Waals surface area contributed by atoms with Crippen molar-refractivity contribution >= 4 is 20.9 Å². The molecule has 0 heterocycles. The number of aliphatic hydroxyl groups excluding tert-OH is 1. The van der Waals surface area contributed by atoms with Crippen LogP contribution in [0.3, 0.4) is 0 Å². The fraction of sp³-hybridized carbons (Fsp3) is 0.448. The molecule has 0 aliphatic carbocycles. The van der Waals surface area contributed by atoms with E-state index >= 15 is 0 Å². The van der Waals surface area contributed by atoms with Crippen molar-refractivity contribution in [2.75, 3.05) is 79.3 Å². The molecule has 3 aromatic rings. The van der Waals surface area contributed by atoms with Crippen molar-refractivity contribution in [2.45, 2.75) is 11.8 Å². The molecule has 0 radical (unpaired) electrons. The van der Waals surface area contributed by atoms with Gasteiger partial charge >= 0.3 is 0 Å². The van der Waals surface area contributed by atoms with Crippen LogP contribution in [-0.2, 0) is 33.2 Å². The Balaban J connectivity index is 1.23. The Bertz CT molecular complexity index is 1230. The quantitative estimate of drug-likeness (QED) is 0.149. The Hall–Kier alpha value is -2.77. The molecule has 0 aliphatic heterocycles. The number of rotatable bonds is 21. The topological polar surface area (TPSA) is 119 Å². The molecule has 0 atom stereocenters. The van der Waals surface area contributed by atoms with E-state index in [0.717, 1.165) is 27.8 Å². The van der Waals surface area contributed by atoms with Crippen LogP contribution < -0.4 is 9.47 Å². The first-order valence-electron chi connectivity index (χ1n) is 13.2. The van der Waals surface area contributed by atoms with Gasteiger partial charge in [0.2, 0.25) is 0 Å². The highest BCUT2D eigenvalue weighted by molar-refractivity contribution is 7.86. The maximum atomic E-state index is 12.1. The van der Waals surface area contributed by atoms with Gasteiger partial charge in [-0.25, -0.2) is 0 Å². The van der Waals surface area contributed by atoms with Crippen LogP contribution in [-0.4, -0.2) is 92.8 Å². The van der Waals surface area contributed by atoms with Crippen molar-refractivity contribution in [2.24, 2.45) is 0 Å². The molecule has 0 saturated heterocycles. The van der Waals surface area contributed by atoms with Gasteiger partial charge in [0, 0.05) is 0 Å². The largest absolute Gasteiger partial charge is 0.491 e. The summed E-state index contributed by atoms with van der Waals surface area (Å²) in [5.41, 5.74) is 0.975. The van der Waals surface area contributed by atoms with Crippen LogP contribution in [0, 0.1) is 6.92 Å². The summed E-state index contributed by atoms with van der Waals surface area (Å²) in [5.74, 6) is 1.50. The molecule has 0 aromatic heterocycles. The zero-order chi connectivity index (χ0) is 28.5. The molecule has 0 amide bonds. The van der Waals surface area contributed by atoms with Gasteiger partial charge in [-0.05, 0) is 54.1 Å². The highest BCUT2D eigenvalue weighted by Crippen LogP contribution is 2.25. The van der Waals surface area contributed by atoms with Crippen molar-refractivity contribution in [3.05, 3.63) is 66.2 Å². The van der Waals surface area contributed by atoms with E-state index in [-0.39, 0.29) is 24.7 Å². The highest BCUT2D eigenvalue weighted by atomic mass is 32.2. The lowest BCUT2D eigenvalue weighted by Crippen LogP contribution is -2.14. The van der Waals surface area contributed by atoms with E-state index in [4.69, 9.17) is 37.7 Å². The minimum absolute atomic E-state index is 0.00987. The third-order valence-corrected chi connectivity index (χ3v) is 6.86. The van der Waals surface area contributed by atoms with Gasteiger partial charge in [-0.2, -0.15) is 8.42 Å². The summed E-state index contributed by atoms with van der Waals surface area (Å²) in [6.07, 6.45) is 0. The lowest BCUT2D eigenvalue weighted by molar-refractivity contribution is 0.0247. The first-order valence-corrected chi connectivity index (χ1v) is 14.6. The predicted octanol–water partition coefficient (Wildman–Crippen LogP) is 3.37. The monoisotopic (exact) mass is 578 g/mol. The fourth-order valence-corrected chi connectivity index (χ4v) is 4.40. The van der Waals surface area contributed by atoms with Gasteiger partial charge in [-0.3, -0.25) is 4.18 Å². The average Bonchev–Trinajstić information content (AvgIpc) is 2.95. The molecule has 1 N–H and O–H groups in total. The normalized spacial score (nSPS) is 11.7. The number of ether oxygens (including phenoxy) is 6. The molecule has 0 bridgehead atoms. The molecule has 10 nitrogen and oxygen atoms in total. The van der Waals surface area contributed by atoms with Crippen molar-refractivity contribution in [3.8, 4) is 11.5 Å². The molecule has 0 fully saturated rings. The Morgan fingerprint density at radius 1 is 0.575 bits per heavy atom. The lowest BCUT2D eigenvalue weighted by atomic mass is 10.1. The Labute approximate surface area is 235 Å². The standard InChI is InChI=1S/C29H38O10S/c1-24-2-8-29(9-3-24)40(31,32)39-21-18-36-15-14-35-17-20-38-28-7-5-25-22-27(6-4-26(25)23-28)37-19-16-34-13-12-33-11-10-30/h2-9,22-23,30H,10-21H2,1H3. The minimum atomic E-state index is -3.78. The summed E-state index contributed by atoms with van der Waals surface area (Å²) < 4.78 is 62.2. The summed E-state index contributed by atoms with van der Waals surface area (Å²) in [7, 11) is -3.78. The summed E-state index contributed by atoms with van der Waals surface area (Å²) in [6, 6.07) is 18.2. The van der Waals surface area contributed by atoms with Crippen LogP contribution in [0.4, 0.5) is 0 Å². The van der Waals surface area contributed by atoms with Gasteiger partial charge in [-0.15, -0.1) is 0 Å². The van der Waals surface area contributed by atoms with Gasteiger partial charge in [0.05, 0.1) is 71.0 Å². The highest BCUT2D eigenvalue weighted by Gasteiger charge is 2.14. The number of benzene rings is 3. The molecular formula is C29H38O10S. The maximum Gasteiger partial charge on any atom is 0.297 e. The van der Waals surface area contributed by atoms with E-state index in [1.807, 2.05) is 43.3 Å². The van der Waals surface area contributed by atoms with Gasteiger partial charge in [-0.1, -0.05) is 29.8 Å². The number of aryl methyl sites for hydroxylation is 1. The molecule has 3 rings (SSSR count). The van der Waals surface area contributed by atoms with Gasteiger partial charge in [0.15, 0.2) is 0 Å². The molecule has 11 heteroatoms. The minimum Gasteiger partial charge on any atom is -0.491 e. The molecule has 220 valence electrons. The van der Waals surface area contributed by atoms with E-state index < -0.39 is 10.1 Å². The maximum absolute atomic E-state index is 12.1. The fourth-order valence-electron chi connectivity index (χ4n) is 3.50. The summed E-state index contributed by atoms with van der Waals surface area (Å²) in [4.78, 5) is 0.127. The third-order valence-electron chi connectivity index (χ3n) is 5.53. The molecule has 0 aliphatic rings. The lowest BCUT2D eigenvalue weighted by Gasteiger charge is -2.10.